The first-order valence-electron chi connectivity index (χ1n) is 6.80. The topological polar surface area (TPSA) is 92.5 Å². The van der Waals surface area contributed by atoms with Crippen LogP contribution in [-0.2, 0) is 10.0 Å². The Kier molecular flexibility index (Phi) is 6.30. The molecular formula is C13H20ClN3O4S. The van der Waals surface area contributed by atoms with Crippen LogP contribution in [0.2, 0.25) is 0 Å². The molecule has 0 aromatic heterocycles. The number of nitrogens with one attached hydrogen (secondary N) is 1. The highest BCUT2D eigenvalue weighted by molar-refractivity contribution is 7.89. The average molecular weight is 350 g/mol. The van der Waals surface area contributed by atoms with Crippen molar-refractivity contribution in [1.29, 1.82) is 0 Å². The predicted octanol–water partition coefficient (Wildman–Crippen LogP) is 1.62. The second kappa shape index (κ2) is 7.36. The van der Waals surface area contributed by atoms with Gasteiger partial charge in [-0.25, -0.2) is 8.42 Å². The van der Waals surface area contributed by atoms with Crippen LogP contribution in [0, 0.1) is 24.0 Å². The third-order valence-corrected chi connectivity index (χ3v) is 5.76. The van der Waals surface area contributed by atoms with Crippen LogP contribution in [0.1, 0.15) is 17.5 Å². The lowest BCUT2D eigenvalue weighted by Gasteiger charge is -2.21. The largest absolute Gasteiger partial charge is 0.315 e. The Morgan fingerprint density at radius 3 is 2.55 bits per heavy atom. The lowest BCUT2D eigenvalue weighted by Crippen LogP contribution is -2.34. The molecule has 9 heteroatoms. The Bertz CT molecular complexity index is 655. The van der Waals surface area contributed by atoms with Gasteiger partial charge >= 0.3 is 0 Å². The number of nitro benzene ring substituents is 1. The van der Waals surface area contributed by atoms with E-state index in [0.717, 1.165) is 19.0 Å². The number of halogens is 1. The van der Waals surface area contributed by atoms with Crippen LogP contribution < -0.4 is 5.32 Å². The maximum Gasteiger partial charge on any atom is 0.271 e. The number of hydrogen-bond donors (Lipinski definition) is 1. The van der Waals surface area contributed by atoms with Crippen molar-refractivity contribution in [2.45, 2.75) is 25.2 Å². The molecule has 1 aliphatic heterocycles. The van der Waals surface area contributed by atoms with Crippen LogP contribution in [0.15, 0.2) is 17.0 Å². The fourth-order valence-corrected chi connectivity index (χ4v) is 4.18. The summed E-state index contributed by atoms with van der Waals surface area (Å²) in [4.78, 5) is 10.4. The highest BCUT2D eigenvalue weighted by Gasteiger charge is 2.29. The van der Waals surface area contributed by atoms with Gasteiger partial charge in [0, 0.05) is 31.8 Å². The minimum atomic E-state index is -3.71. The Morgan fingerprint density at radius 2 is 1.91 bits per heavy atom. The van der Waals surface area contributed by atoms with Crippen molar-refractivity contribution in [2.24, 2.45) is 0 Å². The number of non-ortho nitro benzene ring substituents is 1. The van der Waals surface area contributed by atoms with E-state index >= 15 is 0 Å². The van der Waals surface area contributed by atoms with E-state index < -0.39 is 14.9 Å². The van der Waals surface area contributed by atoms with E-state index in [2.05, 4.69) is 5.32 Å². The molecule has 1 aromatic carbocycles. The van der Waals surface area contributed by atoms with Crippen LogP contribution in [0.3, 0.4) is 0 Å². The molecule has 0 unspecified atom stereocenters. The molecule has 0 atom stereocenters. The van der Waals surface area contributed by atoms with Crippen LogP contribution in [0.5, 0.6) is 0 Å². The molecule has 1 saturated heterocycles. The van der Waals surface area contributed by atoms with E-state index in [-0.39, 0.29) is 23.0 Å². The van der Waals surface area contributed by atoms with Crippen molar-refractivity contribution in [1.82, 2.24) is 9.62 Å². The highest BCUT2D eigenvalue weighted by atomic mass is 35.5. The molecule has 0 saturated carbocycles. The molecule has 124 valence electrons. The van der Waals surface area contributed by atoms with E-state index in [1.54, 1.807) is 13.8 Å². The molecule has 0 radical (unpaired) electrons. The van der Waals surface area contributed by atoms with E-state index in [9.17, 15) is 18.5 Å². The lowest BCUT2D eigenvalue weighted by molar-refractivity contribution is -0.385. The molecule has 2 rings (SSSR count). The molecular weight excluding hydrogens is 330 g/mol. The zero-order valence-corrected chi connectivity index (χ0v) is 14.2. The smallest absolute Gasteiger partial charge is 0.271 e. The fourth-order valence-electron chi connectivity index (χ4n) is 2.38. The number of benzene rings is 1. The molecule has 1 N–H and O–H groups in total. The summed E-state index contributed by atoms with van der Waals surface area (Å²) in [7, 11) is -3.71. The summed E-state index contributed by atoms with van der Waals surface area (Å²) in [5, 5.41) is 14.1. The van der Waals surface area contributed by atoms with Gasteiger partial charge in [0.05, 0.1) is 9.82 Å². The molecule has 22 heavy (non-hydrogen) atoms. The van der Waals surface area contributed by atoms with Gasteiger partial charge < -0.3 is 5.32 Å². The normalized spacial score (nSPS) is 16.6. The van der Waals surface area contributed by atoms with Crippen LogP contribution in [-0.4, -0.2) is 43.8 Å². The molecule has 1 aliphatic rings. The summed E-state index contributed by atoms with van der Waals surface area (Å²) >= 11 is 0. The number of sulfonamides is 1. The minimum absolute atomic E-state index is 0. The first-order chi connectivity index (χ1) is 9.84. The van der Waals surface area contributed by atoms with Gasteiger partial charge in [-0.05, 0) is 37.9 Å². The first kappa shape index (κ1) is 18.8. The van der Waals surface area contributed by atoms with Crippen LogP contribution >= 0.6 is 12.4 Å². The first-order valence-corrected chi connectivity index (χ1v) is 8.24. The molecule has 0 aliphatic carbocycles. The number of nitro groups is 1. The van der Waals surface area contributed by atoms with Crippen molar-refractivity contribution < 1.29 is 13.3 Å². The van der Waals surface area contributed by atoms with Crippen molar-refractivity contribution in [3.8, 4) is 0 Å². The van der Waals surface area contributed by atoms with E-state index in [1.165, 1.54) is 10.4 Å². The van der Waals surface area contributed by atoms with Gasteiger partial charge in [-0.2, -0.15) is 4.31 Å². The second-order valence-electron chi connectivity index (χ2n) is 5.15. The van der Waals surface area contributed by atoms with E-state index in [4.69, 9.17) is 0 Å². The zero-order chi connectivity index (χ0) is 15.6. The van der Waals surface area contributed by atoms with Gasteiger partial charge in [-0.1, -0.05) is 0 Å². The third kappa shape index (κ3) is 3.75. The maximum atomic E-state index is 12.8. The number of aryl methyl sites for hydroxylation is 1. The molecule has 1 aromatic rings. The Labute approximate surface area is 136 Å². The summed E-state index contributed by atoms with van der Waals surface area (Å²) in [5.41, 5.74) is 0.984. The fraction of sp³-hybridized carbons (Fsp3) is 0.538. The minimum Gasteiger partial charge on any atom is -0.315 e. The third-order valence-electron chi connectivity index (χ3n) is 3.73. The van der Waals surface area contributed by atoms with Gasteiger partial charge in [0.15, 0.2) is 0 Å². The molecule has 0 bridgehead atoms. The number of hydrogen-bond acceptors (Lipinski definition) is 5. The van der Waals surface area contributed by atoms with Crippen LogP contribution in [0.25, 0.3) is 0 Å². The Morgan fingerprint density at radius 1 is 1.23 bits per heavy atom. The Balaban J connectivity index is 0.00000242. The van der Waals surface area contributed by atoms with Gasteiger partial charge in [-0.15, -0.1) is 12.4 Å². The summed E-state index contributed by atoms with van der Waals surface area (Å²) in [5.74, 6) is 0. The van der Waals surface area contributed by atoms with E-state index in [0.29, 0.717) is 30.8 Å². The summed E-state index contributed by atoms with van der Waals surface area (Å²) < 4.78 is 26.9. The zero-order valence-electron chi connectivity index (χ0n) is 12.5. The number of nitrogens with zero attached hydrogens (tertiary/aromatic N) is 2. The molecule has 0 spiro atoms. The van der Waals surface area contributed by atoms with Crippen LogP contribution in [0.4, 0.5) is 5.69 Å². The van der Waals surface area contributed by atoms with Crippen molar-refractivity contribution in [2.75, 3.05) is 26.2 Å². The second-order valence-corrected chi connectivity index (χ2v) is 7.06. The lowest BCUT2D eigenvalue weighted by atomic mass is 10.1. The van der Waals surface area contributed by atoms with Crippen molar-refractivity contribution in [3.63, 3.8) is 0 Å². The maximum absolute atomic E-state index is 12.8. The summed E-state index contributed by atoms with van der Waals surface area (Å²) in [6.07, 6.45) is 0.728. The molecule has 7 nitrogen and oxygen atoms in total. The summed E-state index contributed by atoms with van der Waals surface area (Å²) in [6, 6.07) is 2.56. The Hall–Kier alpha value is -1.22. The molecule has 0 amide bonds. The SMILES string of the molecule is Cc1cc([N+](=O)[O-])cc(S(=O)(=O)N2CCCNCC2)c1C.Cl. The standard InChI is InChI=1S/C13H19N3O4S.ClH/c1-10-8-12(16(17)18)9-13(11(10)2)21(19,20)15-6-3-4-14-5-7-15;/h8-9,14H,3-7H2,1-2H3;1H. The summed E-state index contributed by atoms with van der Waals surface area (Å²) in [6.45, 7) is 5.54. The van der Waals surface area contributed by atoms with E-state index in [1.807, 2.05) is 0 Å². The molecule has 1 heterocycles. The monoisotopic (exact) mass is 349 g/mol. The van der Waals surface area contributed by atoms with Crippen molar-refractivity contribution >= 4 is 28.1 Å². The van der Waals surface area contributed by atoms with Gasteiger partial charge in [0.25, 0.3) is 5.69 Å². The number of rotatable bonds is 3. The van der Waals surface area contributed by atoms with Gasteiger partial charge in [0.2, 0.25) is 10.0 Å². The van der Waals surface area contributed by atoms with Gasteiger partial charge in [0.1, 0.15) is 0 Å². The quantitative estimate of drug-likeness (QED) is 0.661. The average Bonchev–Trinajstić information content (AvgIpc) is 2.70. The molecule has 1 fully saturated rings. The highest BCUT2D eigenvalue weighted by Crippen LogP contribution is 2.28. The predicted molar refractivity (Wildman–Crippen MR) is 86.1 cm³/mol. The van der Waals surface area contributed by atoms with Crippen molar-refractivity contribution in [3.05, 3.63) is 33.4 Å². The van der Waals surface area contributed by atoms with Gasteiger partial charge in [-0.3, -0.25) is 10.1 Å².